The minimum atomic E-state index is -0.547. The first-order chi connectivity index (χ1) is 19.9. The van der Waals surface area contributed by atoms with E-state index in [0.717, 1.165) is 35.3 Å². The lowest BCUT2D eigenvalue weighted by atomic mass is 9.79. The fraction of sp³-hybridized carbons (Fsp3) is 0.545. The van der Waals surface area contributed by atoms with Crippen molar-refractivity contribution < 1.29 is 23.9 Å². The molecule has 2 aliphatic heterocycles. The molecular weight excluding hydrogens is 532 g/mol. The number of anilines is 2. The van der Waals surface area contributed by atoms with Crippen molar-refractivity contribution in [2.45, 2.75) is 84.7 Å². The van der Waals surface area contributed by atoms with Crippen LogP contribution in [0.3, 0.4) is 0 Å². The highest BCUT2D eigenvalue weighted by Crippen LogP contribution is 2.50. The highest BCUT2D eigenvalue weighted by Gasteiger charge is 2.48. The summed E-state index contributed by atoms with van der Waals surface area (Å²) in [7, 11) is 0. The molecule has 5 rings (SSSR count). The summed E-state index contributed by atoms with van der Waals surface area (Å²) in [6.45, 7) is 13.4. The van der Waals surface area contributed by atoms with Gasteiger partial charge in [0.2, 0.25) is 5.91 Å². The molecule has 0 spiro atoms. The van der Waals surface area contributed by atoms with Crippen LogP contribution in [-0.2, 0) is 20.9 Å². The molecule has 42 heavy (non-hydrogen) atoms. The Balaban J connectivity index is 1.39. The fourth-order valence-electron chi connectivity index (χ4n) is 6.43. The maximum Gasteiger partial charge on any atom is 0.410 e. The normalized spacial score (nSPS) is 24.1. The predicted molar refractivity (Wildman–Crippen MR) is 162 cm³/mol. The molecule has 2 heterocycles. The number of piperazine rings is 1. The molecule has 0 aromatic heterocycles. The number of nitrogens with one attached hydrogen (secondary N) is 1. The highest BCUT2D eigenvalue weighted by atomic mass is 16.6. The summed E-state index contributed by atoms with van der Waals surface area (Å²) in [5, 5.41) is 3.16. The number of hydrogen-bond acceptors (Lipinski definition) is 6. The lowest BCUT2D eigenvalue weighted by molar-refractivity contribution is -0.117. The van der Waals surface area contributed by atoms with Gasteiger partial charge in [-0.15, -0.1) is 0 Å². The van der Waals surface area contributed by atoms with Crippen molar-refractivity contribution in [2.24, 2.45) is 11.8 Å². The molecule has 2 fully saturated rings. The third-order valence-corrected chi connectivity index (χ3v) is 8.52. The third-order valence-electron chi connectivity index (χ3n) is 8.52. The molecule has 9 nitrogen and oxygen atoms in total. The second kappa shape index (κ2) is 11.9. The van der Waals surface area contributed by atoms with Gasteiger partial charge in [-0.05, 0) is 70.2 Å². The van der Waals surface area contributed by atoms with E-state index < -0.39 is 11.7 Å². The number of benzene rings is 2. The molecule has 1 N–H and O–H groups in total. The maximum atomic E-state index is 13.1. The van der Waals surface area contributed by atoms with Gasteiger partial charge >= 0.3 is 12.2 Å². The molecule has 3 amide bonds. The largest absolute Gasteiger partial charge is 0.445 e. The van der Waals surface area contributed by atoms with Crippen molar-refractivity contribution in [2.75, 3.05) is 29.4 Å². The lowest BCUT2D eigenvalue weighted by Gasteiger charge is -2.46. The standard InChI is InChI=1S/C33H44N4O5/c1-21-19-35(16-17-36(21)32(40)42-33(4,5)6)26-14-15-28-27(18-26)29(22(2)30(25-12-13-25)37(28)23(3)38)34-31(39)41-20-24-10-8-7-9-11-24/h7-11,14-15,18,21-22,25,29-30H,12-13,16-17,19-20H2,1-6H3,(H,34,39)/t21-,22-,29-,30-/m1/s1. The number of alkyl carbamates (subject to hydrolysis) is 1. The summed E-state index contributed by atoms with van der Waals surface area (Å²) in [5.41, 5.74) is 3.12. The Morgan fingerprint density at radius 1 is 1.00 bits per heavy atom. The average Bonchev–Trinajstić information content (AvgIpc) is 3.77. The fourth-order valence-corrected chi connectivity index (χ4v) is 6.43. The number of fused-ring (bicyclic) bond motifs is 1. The molecule has 1 aliphatic carbocycles. The number of nitrogens with zero attached hydrogens (tertiary/aromatic N) is 3. The van der Waals surface area contributed by atoms with Gasteiger partial charge in [-0.25, -0.2) is 9.59 Å². The summed E-state index contributed by atoms with van der Waals surface area (Å²) in [4.78, 5) is 44.9. The van der Waals surface area contributed by atoms with Crippen LogP contribution in [0.15, 0.2) is 48.5 Å². The Bertz CT molecular complexity index is 1310. The van der Waals surface area contributed by atoms with Crippen LogP contribution in [-0.4, -0.2) is 60.3 Å². The van der Waals surface area contributed by atoms with Gasteiger partial charge in [-0.3, -0.25) is 4.79 Å². The van der Waals surface area contributed by atoms with Crippen molar-refractivity contribution in [3.8, 4) is 0 Å². The average molecular weight is 577 g/mol. The van der Waals surface area contributed by atoms with Gasteiger partial charge in [0.05, 0.1) is 6.04 Å². The molecule has 0 radical (unpaired) electrons. The van der Waals surface area contributed by atoms with Gasteiger partial charge in [-0.1, -0.05) is 37.3 Å². The van der Waals surface area contributed by atoms with Crippen molar-refractivity contribution in [3.05, 3.63) is 59.7 Å². The monoisotopic (exact) mass is 576 g/mol. The number of rotatable bonds is 5. The third kappa shape index (κ3) is 6.50. The molecule has 2 aromatic rings. The first kappa shape index (κ1) is 29.7. The SMILES string of the molecule is CC(=O)N1c2ccc(N3CCN(C(=O)OC(C)(C)C)[C@H](C)C3)cc2[C@H](NC(=O)OCc2ccccc2)[C@@H](C)[C@@H]1C1CC1. The first-order valence-corrected chi connectivity index (χ1v) is 15.1. The van der Waals surface area contributed by atoms with Crippen molar-refractivity contribution >= 4 is 29.5 Å². The van der Waals surface area contributed by atoms with E-state index in [9.17, 15) is 14.4 Å². The molecule has 0 unspecified atom stereocenters. The van der Waals surface area contributed by atoms with Crippen molar-refractivity contribution in [1.29, 1.82) is 0 Å². The summed E-state index contributed by atoms with van der Waals surface area (Å²) >= 11 is 0. The van der Waals surface area contributed by atoms with E-state index in [2.05, 4.69) is 29.3 Å². The number of hydrogen-bond donors (Lipinski definition) is 1. The van der Waals surface area contributed by atoms with Crippen LogP contribution in [0, 0.1) is 11.8 Å². The molecule has 1 saturated heterocycles. The number of ether oxygens (including phenoxy) is 2. The molecule has 226 valence electrons. The maximum absolute atomic E-state index is 13.1. The molecule has 1 saturated carbocycles. The summed E-state index contributed by atoms with van der Waals surface area (Å²) < 4.78 is 11.2. The van der Waals surface area contributed by atoms with Crippen LogP contribution in [0.5, 0.6) is 0 Å². The molecule has 4 atom stereocenters. The second-order valence-corrected chi connectivity index (χ2v) is 13.0. The lowest BCUT2D eigenvalue weighted by Crippen LogP contribution is -2.55. The van der Waals surface area contributed by atoms with Crippen LogP contribution in [0.1, 0.15) is 71.6 Å². The number of carbonyl (C=O) groups is 3. The Morgan fingerprint density at radius 3 is 2.33 bits per heavy atom. The van der Waals surface area contributed by atoms with Crippen LogP contribution < -0.4 is 15.1 Å². The van der Waals surface area contributed by atoms with Gasteiger partial charge in [0.25, 0.3) is 0 Å². The van der Waals surface area contributed by atoms with E-state index in [1.165, 1.54) is 0 Å². The Hall–Kier alpha value is -3.75. The summed E-state index contributed by atoms with van der Waals surface area (Å²) in [6.07, 6.45) is 1.39. The number of carbonyl (C=O) groups excluding carboxylic acids is 3. The van der Waals surface area contributed by atoms with Gasteiger partial charge < -0.3 is 29.5 Å². The molecular formula is C33H44N4O5. The minimum absolute atomic E-state index is 0.00337. The Labute approximate surface area is 249 Å². The zero-order valence-electron chi connectivity index (χ0n) is 25.6. The first-order valence-electron chi connectivity index (χ1n) is 15.1. The smallest absolute Gasteiger partial charge is 0.410 e. The van der Waals surface area contributed by atoms with Crippen molar-refractivity contribution in [1.82, 2.24) is 10.2 Å². The zero-order chi connectivity index (χ0) is 30.2. The number of amides is 3. The molecule has 3 aliphatic rings. The minimum Gasteiger partial charge on any atom is -0.445 e. The summed E-state index contributed by atoms with van der Waals surface area (Å²) in [6, 6.07) is 15.4. The van der Waals surface area contributed by atoms with Crippen LogP contribution in [0.25, 0.3) is 0 Å². The van der Waals surface area contributed by atoms with Crippen molar-refractivity contribution in [3.63, 3.8) is 0 Å². The van der Waals surface area contributed by atoms with Crippen LogP contribution >= 0.6 is 0 Å². The quantitative estimate of drug-likeness (QED) is 0.478. The van der Waals surface area contributed by atoms with E-state index in [-0.39, 0.29) is 42.7 Å². The van der Waals surface area contributed by atoms with Gasteiger partial charge in [0, 0.05) is 61.5 Å². The van der Waals surface area contributed by atoms with Crippen LogP contribution in [0.2, 0.25) is 0 Å². The van der Waals surface area contributed by atoms with E-state index in [0.29, 0.717) is 25.6 Å². The predicted octanol–water partition coefficient (Wildman–Crippen LogP) is 5.88. The van der Waals surface area contributed by atoms with Gasteiger partial charge in [0.15, 0.2) is 0 Å². The van der Waals surface area contributed by atoms with Gasteiger partial charge in [-0.2, -0.15) is 0 Å². The second-order valence-electron chi connectivity index (χ2n) is 13.0. The van der Waals surface area contributed by atoms with E-state index in [4.69, 9.17) is 9.47 Å². The van der Waals surface area contributed by atoms with E-state index in [1.807, 2.05) is 69.0 Å². The van der Waals surface area contributed by atoms with E-state index >= 15 is 0 Å². The van der Waals surface area contributed by atoms with Gasteiger partial charge in [0.1, 0.15) is 12.2 Å². The molecule has 0 bridgehead atoms. The Kier molecular flexibility index (Phi) is 8.39. The topological polar surface area (TPSA) is 91.4 Å². The van der Waals surface area contributed by atoms with Crippen LogP contribution in [0.4, 0.5) is 21.0 Å². The van der Waals surface area contributed by atoms with E-state index in [1.54, 1.807) is 11.8 Å². The highest BCUT2D eigenvalue weighted by molar-refractivity contribution is 5.94. The Morgan fingerprint density at radius 2 is 1.71 bits per heavy atom. The summed E-state index contributed by atoms with van der Waals surface area (Å²) in [5.74, 6) is 0.428. The molecule has 2 aromatic carbocycles. The molecule has 9 heteroatoms. The zero-order valence-corrected chi connectivity index (χ0v) is 25.6.